The Morgan fingerprint density at radius 3 is 2.88 bits per heavy atom. The van der Waals surface area contributed by atoms with Crippen LogP contribution in [0.1, 0.15) is 16.8 Å². The summed E-state index contributed by atoms with van der Waals surface area (Å²) in [6.45, 7) is 5.42. The minimum Gasteiger partial charge on any atom is -0.384 e. The number of morpholine rings is 1. The summed E-state index contributed by atoms with van der Waals surface area (Å²) < 4.78 is 12.8. The quantitative estimate of drug-likeness (QED) is 0.829. The fourth-order valence-electron chi connectivity index (χ4n) is 3.94. The first kappa shape index (κ1) is 17.3. The molecule has 2 aliphatic heterocycles. The molecule has 1 atom stereocenters. The largest absolute Gasteiger partial charge is 0.384 e. The summed E-state index contributed by atoms with van der Waals surface area (Å²) in [6, 6.07) is 5.84. The zero-order valence-corrected chi connectivity index (χ0v) is 15.5. The molecule has 2 saturated heterocycles. The number of ether oxygens (including phenoxy) is 2. The lowest BCUT2D eigenvalue weighted by Crippen LogP contribution is -2.37. The van der Waals surface area contributed by atoms with Gasteiger partial charge in [-0.05, 0) is 24.6 Å². The molecule has 3 heterocycles. The van der Waals surface area contributed by atoms with E-state index in [1.807, 2.05) is 30.1 Å². The Morgan fingerprint density at radius 2 is 2.12 bits per heavy atom. The van der Waals surface area contributed by atoms with Crippen molar-refractivity contribution in [2.45, 2.75) is 6.42 Å². The molecule has 26 heavy (non-hydrogen) atoms. The third kappa shape index (κ3) is 3.17. The molecule has 1 aromatic heterocycles. The molecule has 1 amide bonds. The monoisotopic (exact) mass is 358 g/mol. The molecule has 7 nitrogen and oxygen atoms in total. The van der Waals surface area contributed by atoms with E-state index >= 15 is 0 Å². The van der Waals surface area contributed by atoms with E-state index in [1.165, 1.54) is 0 Å². The van der Waals surface area contributed by atoms with E-state index in [0.717, 1.165) is 62.8 Å². The number of benzene rings is 1. The standard InChI is InChI=1S/C19H26N4O3/c1-21-17-4-3-15(18(24)23-6-5-14(12-23)13-25-2)11-16(17)20-19(21)22-7-9-26-10-8-22/h3-4,11,14H,5-10,12-13H2,1-2H3. The first-order chi connectivity index (χ1) is 12.7. The van der Waals surface area contributed by atoms with Gasteiger partial charge in [-0.15, -0.1) is 0 Å². The Balaban J connectivity index is 1.56. The second-order valence-corrected chi connectivity index (χ2v) is 7.13. The van der Waals surface area contributed by atoms with Gasteiger partial charge in [0, 0.05) is 51.8 Å². The number of nitrogens with zero attached hydrogens (tertiary/aromatic N) is 4. The zero-order chi connectivity index (χ0) is 18.1. The van der Waals surface area contributed by atoms with Gasteiger partial charge >= 0.3 is 0 Å². The van der Waals surface area contributed by atoms with Crippen molar-refractivity contribution in [3.05, 3.63) is 23.8 Å². The van der Waals surface area contributed by atoms with Crippen LogP contribution in [0.25, 0.3) is 11.0 Å². The molecule has 0 bridgehead atoms. The van der Waals surface area contributed by atoms with E-state index < -0.39 is 0 Å². The summed E-state index contributed by atoms with van der Waals surface area (Å²) in [4.78, 5) is 21.8. The maximum absolute atomic E-state index is 12.9. The maximum atomic E-state index is 12.9. The fraction of sp³-hybridized carbons (Fsp3) is 0.579. The Bertz CT molecular complexity index is 797. The van der Waals surface area contributed by atoms with E-state index in [-0.39, 0.29) is 5.91 Å². The number of hydrogen-bond acceptors (Lipinski definition) is 5. The SMILES string of the molecule is COCC1CCN(C(=O)c2ccc3c(c2)nc(N2CCOCC2)n3C)C1. The van der Waals surface area contributed by atoms with Crippen LogP contribution in [0.5, 0.6) is 0 Å². The number of aromatic nitrogens is 2. The highest BCUT2D eigenvalue weighted by atomic mass is 16.5. The van der Waals surface area contributed by atoms with Crippen LogP contribution in [-0.2, 0) is 16.5 Å². The number of likely N-dealkylation sites (tertiary alicyclic amines) is 1. The number of rotatable bonds is 4. The van der Waals surface area contributed by atoms with Crippen LogP contribution in [-0.4, -0.2) is 73.5 Å². The smallest absolute Gasteiger partial charge is 0.253 e. The van der Waals surface area contributed by atoms with Gasteiger partial charge < -0.3 is 23.8 Å². The molecular weight excluding hydrogens is 332 g/mol. The van der Waals surface area contributed by atoms with E-state index in [1.54, 1.807) is 7.11 Å². The molecule has 1 unspecified atom stereocenters. The van der Waals surface area contributed by atoms with Crippen molar-refractivity contribution in [1.29, 1.82) is 0 Å². The molecule has 2 fully saturated rings. The molecule has 4 rings (SSSR count). The predicted octanol–water partition coefficient (Wildman–Crippen LogP) is 1.52. The summed E-state index contributed by atoms with van der Waals surface area (Å²) in [7, 11) is 3.74. The van der Waals surface area contributed by atoms with Gasteiger partial charge in [-0.1, -0.05) is 0 Å². The van der Waals surface area contributed by atoms with Crippen LogP contribution >= 0.6 is 0 Å². The van der Waals surface area contributed by atoms with E-state index in [0.29, 0.717) is 18.1 Å². The van der Waals surface area contributed by atoms with Crippen LogP contribution in [0.2, 0.25) is 0 Å². The number of fused-ring (bicyclic) bond motifs is 1. The van der Waals surface area contributed by atoms with Crippen molar-refractivity contribution in [3.63, 3.8) is 0 Å². The molecule has 0 spiro atoms. The Hall–Kier alpha value is -2.12. The molecule has 0 aliphatic carbocycles. The number of methoxy groups -OCH3 is 1. The average Bonchev–Trinajstić information content (AvgIpc) is 3.27. The Morgan fingerprint density at radius 1 is 1.31 bits per heavy atom. The van der Waals surface area contributed by atoms with Crippen LogP contribution in [0.4, 0.5) is 5.95 Å². The van der Waals surface area contributed by atoms with Crippen LogP contribution in [0.15, 0.2) is 18.2 Å². The highest BCUT2D eigenvalue weighted by Gasteiger charge is 2.27. The Labute approximate surface area is 153 Å². The van der Waals surface area contributed by atoms with Gasteiger partial charge in [0.15, 0.2) is 0 Å². The van der Waals surface area contributed by atoms with Crippen molar-refractivity contribution in [2.75, 3.05) is 58.0 Å². The second kappa shape index (κ2) is 7.25. The predicted molar refractivity (Wildman–Crippen MR) is 99.6 cm³/mol. The van der Waals surface area contributed by atoms with Crippen LogP contribution in [0.3, 0.4) is 0 Å². The van der Waals surface area contributed by atoms with E-state index in [2.05, 4.69) is 9.47 Å². The van der Waals surface area contributed by atoms with Gasteiger partial charge in [0.25, 0.3) is 5.91 Å². The van der Waals surface area contributed by atoms with Gasteiger partial charge in [-0.3, -0.25) is 4.79 Å². The number of hydrogen-bond donors (Lipinski definition) is 0. The normalized spacial score (nSPS) is 20.9. The van der Waals surface area contributed by atoms with Crippen molar-refractivity contribution in [3.8, 4) is 0 Å². The van der Waals surface area contributed by atoms with Crippen LogP contribution < -0.4 is 4.90 Å². The van der Waals surface area contributed by atoms with Crippen molar-refractivity contribution >= 4 is 22.9 Å². The minimum atomic E-state index is 0.0871. The third-order valence-electron chi connectivity index (χ3n) is 5.37. The molecule has 0 N–H and O–H groups in total. The fourth-order valence-corrected chi connectivity index (χ4v) is 3.94. The maximum Gasteiger partial charge on any atom is 0.253 e. The van der Waals surface area contributed by atoms with Gasteiger partial charge in [-0.25, -0.2) is 4.98 Å². The second-order valence-electron chi connectivity index (χ2n) is 7.13. The molecule has 0 radical (unpaired) electrons. The van der Waals surface area contributed by atoms with Gasteiger partial charge in [-0.2, -0.15) is 0 Å². The average molecular weight is 358 g/mol. The van der Waals surface area contributed by atoms with Crippen molar-refractivity contribution in [1.82, 2.24) is 14.5 Å². The summed E-state index contributed by atoms with van der Waals surface area (Å²) in [5.74, 6) is 1.47. The summed E-state index contributed by atoms with van der Waals surface area (Å²) >= 11 is 0. The molecular formula is C19H26N4O3. The van der Waals surface area contributed by atoms with Crippen molar-refractivity contribution < 1.29 is 14.3 Å². The lowest BCUT2D eigenvalue weighted by atomic mass is 10.1. The van der Waals surface area contributed by atoms with E-state index in [4.69, 9.17) is 14.5 Å². The Kier molecular flexibility index (Phi) is 4.82. The number of carbonyl (C=O) groups is 1. The summed E-state index contributed by atoms with van der Waals surface area (Å²) in [5, 5.41) is 0. The molecule has 0 saturated carbocycles. The summed E-state index contributed by atoms with van der Waals surface area (Å²) in [5.41, 5.74) is 2.62. The first-order valence-corrected chi connectivity index (χ1v) is 9.24. The van der Waals surface area contributed by atoms with Crippen molar-refractivity contribution in [2.24, 2.45) is 13.0 Å². The zero-order valence-electron chi connectivity index (χ0n) is 15.5. The molecule has 7 heteroatoms. The highest BCUT2D eigenvalue weighted by molar-refractivity contribution is 5.98. The summed E-state index contributed by atoms with van der Waals surface area (Å²) in [6.07, 6.45) is 1.01. The molecule has 140 valence electrons. The number of amides is 1. The molecule has 2 aromatic rings. The minimum absolute atomic E-state index is 0.0871. The number of carbonyl (C=O) groups excluding carboxylic acids is 1. The lowest BCUT2D eigenvalue weighted by Gasteiger charge is -2.27. The van der Waals surface area contributed by atoms with Gasteiger partial charge in [0.1, 0.15) is 0 Å². The van der Waals surface area contributed by atoms with Gasteiger partial charge in [0.05, 0.1) is 30.9 Å². The molecule has 1 aromatic carbocycles. The number of anilines is 1. The highest BCUT2D eigenvalue weighted by Crippen LogP contribution is 2.25. The number of imidazole rings is 1. The molecule has 2 aliphatic rings. The topological polar surface area (TPSA) is 59.8 Å². The third-order valence-corrected chi connectivity index (χ3v) is 5.37. The van der Waals surface area contributed by atoms with E-state index in [9.17, 15) is 4.79 Å². The first-order valence-electron chi connectivity index (χ1n) is 9.24. The van der Waals surface area contributed by atoms with Gasteiger partial charge in [0.2, 0.25) is 5.95 Å². The lowest BCUT2D eigenvalue weighted by molar-refractivity contribution is 0.0775. The number of aryl methyl sites for hydroxylation is 1. The van der Waals surface area contributed by atoms with Crippen LogP contribution in [0, 0.1) is 5.92 Å².